The van der Waals surface area contributed by atoms with Crippen LogP contribution in [0.1, 0.15) is 58.8 Å². The van der Waals surface area contributed by atoms with Crippen LogP contribution in [0.25, 0.3) is 0 Å². The highest BCUT2D eigenvalue weighted by Gasteiger charge is 2.28. The first-order valence-electron chi connectivity index (χ1n) is 9.21. The van der Waals surface area contributed by atoms with Crippen LogP contribution in [-0.4, -0.2) is 61.7 Å². The Labute approximate surface area is 132 Å². The quantitative estimate of drug-likeness (QED) is 0.760. The van der Waals surface area contributed by atoms with Gasteiger partial charge in [0.05, 0.1) is 0 Å². The van der Waals surface area contributed by atoms with Gasteiger partial charge in [0, 0.05) is 24.7 Å². The van der Waals surface area contributed by atoms with E-state index >= 15 is 0 Å². The fourth-order valence-electron chi connectivity index (χ4n) is 4.15. The maximum Gasteiger partial charge on any atom is 0.0120 e. The zero-order valence-corrected chi connectivity index (χ0v) is 14.8. The summed E-state index contributed by atoms with van der Waals surface area (Å²) >= 11 is 0. The lowest BCUT2D eigenvalue weighted by atomic mass is 9.90. The third-order valence-corrected chi connectivity index (χ3v) is 5.90. The van der Waals surface area contributed by atoms with Crippen LogP contribution in [0.15, 0.2) is 0 Å². The lowest BCUT2D eigenvalue weighted by Crippen LogP contribution is -2.51. The van der Waals surface area contributed by atoms with Crippen molar-refractivity contribution in [3.8, 4) is 0 Å². The Morgan fingerprint density at radius 1 is 1.14 bits per heavy atom. The SMILES string of the molecule is CC1CN(C)C(C)CC1NCCCN(C)C1CCCCC1. The molecule has 21 heavy (non-hydrogen) atoms. The summed E-state index contributed by atoms with van der Waals surface area (Å²) in [6.07, 6.45) is 9.78. The van der Waals surface area contributed by atoms with Gasteiger partial charge in [-0.25, -0.2) is 0 Å². The highest BCUT2D eigenvalue weighted by molar-refractivity contribution is 4.86. The van der Waals surface area contributed by atoms with Crippen LogP contribution >= 0.6 is 0 Å². The fraction of sp³-hybridized carbons (Fsp3) is 1.00. The Kier molecular flexibility index (Phi) is 6.97. The van der Waals surface area contributed by atoms with Gasteiger partial charge in [-0.15, -0.1) is 0 Å². The van der Waals surface area contributed by atoms with Crippen molar-refractivity contribution in [1.82, 2.24) is 15.1 Å². The van der Waals surface area contributed by atoms with Gasteiger partial charge in [0.1, 0.15) is 0 Å². The standard InChI is InChI=1S/C18H37N3/c1-15-14-21(4)16(2)13-18(15)19-11-8-12-20(3)17-9-6-5-7-10-17/h15-19H,5-14H2,1-4H3. The molecule has 1 heterocycles. The normalized spacial score (nSPS) is 32.7. The fourth-order valence-corrected chi connectivity index (χ4v) is 4.15. The summed E-state index contributed by atoms with van der Waals surface area (Å²) in [5.41, 5.74) is 0. The first-order valence-corrected chi connectivity index (χ1v) is 9.21. The molecule has 0 aromatic rings. The Morgan fingerprint density at radius 2 is 1.86 bits per heavy atom. The van der Waals surface area contributed by atoms with Crippen LogP contribution in [-0.2, 0) is 0 Å². The molecule has 0 bridgehead atoms. The van der Waals surface area contributed by atoms with E-state index in [1.165, 1.54) is 64.6 Å². The van der Waals surface area contributed by atoms with Crippen molar-refractivity contribution < 1.29 is 0 Å². The molecule has 1 aliphatic carbocycles. The Morgan fingerprint density at radius 3 is 2.57 bits per heavy atom. The van der Waals surface area contributed by atoms with E-state index in [9.17, 15) is 0 Å². The van der Waals surface area contributed by atoms with Gasteiger partial charge in [-0.2, -0.15) is 0 Å². The minimum Gasteiger partial charge on any atom is -0.314 e. The van der Waals surface area contributed by atoms with Crippen molar-refractivity contribution in [1.29, 1.82) is 0 Å². The lowest BCUT2D eigenvalue weighted by Gasteiger charge is -2.40. The molecule has 2 aliphatic rings. The van der Waals surface area contributed by atoms with Gasteiger partial charge in [0.2, 0.25) is 0 Å². The van der Waals surface area contributed by atoms with Crippen LogP contribution in [0.5, 0.6) is 0 Å². The van der Waals surface area contributed by atoms with E-state index in [0.29, 0.717) is 0 Å². The third kappa shape index (κ3) is 5.22. The number of nitrogens with one attached hydrogen (secondary N) is 1. The van der Waals surface area contributed by atoms with Gasteiger partial charge >= 0.3 is 0 Å². The average Bonchev–Trinajstić information content (AvgIpc) is 2.49. The summed E-state index contributed by atoms with van der Waals surface area (Å²) in [5, 5.41) is 3.83. The molecule has 3 unspecified atom stereocenters. The second-order valence-corrected chi connectivity index (χ2v) is 7.69. The van der Waals surface area contributed by atoms with Gasteiger partial charge in [-0.1, -0.05) is 26.2 Å². The lowest BCUT2D eigenvalue weighted by molar-refractivity contribution is 0.120. The van der Waals surface area contributed by atoms with Crippen molar-refractivity contribution >= 4 is 0 Å². The van der Waals surface area contributed by atoms with Crippen molar-refractivity contribution in [3.05, 3.63) is 0 Å². The largest absolute Gasteiger partial charge is 0.314 e. The summed E-state index contributed by atoms with van der Waals surface area (Å²) in [7, 11) is 4.59. The van der Waals surface area contributed by atoms with E-state index in [2.05, 4.69) is 43.1 Å². The average molecular weight is 296 g/mol. The molecule has 0 amide bonds. The summed E-state index contributed by atoms with van der Waals surface area (Å²) in [6.45, 7) is 8.43. The molecular formula is C18H37N3. The summed E-state index contributed by atoms with van der Waals surface area (Å²) in [5.74, 6) is 0.780. The number of likely N-dealkylation sites (tertiary alicyclic amines) is 1. The summed E-state index contributed by atoms with van der Waals surface area (Å²) in [6, 6.07) is 2.31. The van der Waals surface area contributed by atoms with Crippen molar-refractivity contribution in [2.45, 2.75) is 76.9 Å². The Hall–Kier alpha value is -0.120. The van der Waals surface area contributed by atoms with Gasteiger partial charge in [0.15, 0.2) is 0 Å². The minimum absolute atomic E-state index is 0.719. The van der Waals surface area contributed by atoms with Gasteiger partial charge in [0.25, 0.3) is 0 Å². The molecular weight excluding hydrogens is 258 g/mol. The smallest absolute Gasteiger partial charge is 0.0120 e. The Balaban J connectivity index is 1.60. The van der Waals surface area contributed by atoms with Crippen LogP contribution in [0.3, 0.4) is 0 Å². The van der Waals surface area contributed by atoms with Crippen LogP contribution in [0, 0.1) is 5.92 Å². The van der Waals surface area contributed by atoms with Crippen LogP contribution in [0.2, 0.25) is 0 Å². The van der Waals surface area contributed by atoms with E-state index in [-0.39, 0.29) is 0 Å². The monoisotopic (exact) mass is 295 g/mol. The van der Waals surface area contributed by atoms with Gasteiger partial charge in [-0.3, -0.25) is 0 Å². The molecule has 0 radical (unpaired) electrons. The van der Waals surface area contributed by atoms with Crippen molar-refractivity contribution in [2.75, 3.05) is 33.7 Å². The second-order valence-electron chi connectivity index (χ2n) is 7.69. The number of hydrogen-bond donors (Lipinski definition) is 1. The predicted octanol–water partition coefficient (Wildman–Crippen LogP) is 2.96. The van der Waals surface area contributed by atoms with E-state index < -0.39 is 0 Å². The molecule has 0 aromatic carbocycles. The molecule has 1 aliphatic heterocycles. The molecule has 3 nitrogen and oxygen atoms in total. The first kappa shape index (κ1) is 17.2. The highest BCUT2D eigenvalue weighted by atomic mass is 15.2. The number of nitrogens with zero attached hydrogens (tertiary/aromatic N) is 2. The molecule has 3 atom stereocenters. The molecule has 124 valence electrons. The molecule has 0 spiro atoms. The molecule has 2 fully saturated rings. The van der Waals surface area contributed by atoms with Gasteiger partial charge < -0.3 is 15.1 Å². The number of piperidine rings is 1. The van der Waals surface area contributed by atoms with Gasteiger partial charge in [-0.05, 0) is 65.7 Å². The van der Waals surface area contributed by atoms with Crippen LogP contribution in [0.4, 0.5) is 0 Å². The first-order chi connectivity index (χ1) is 10.1. The zero-order chi connectivity index (χ0) is 15.2. The van der Waals surface area contributed by atoms with Crippen LogP contribution < -0.4 is 5.32 Å². The molecule has 1 saturated carbocycles. The topological polar surface area (TPSA) is 18.5 Å². The van der Waals surface area contributed by atoms with Crippen molar-refractivity contribution in [3.63, 3.8) is 0 Å². The third-order valence-electron chi connectivity index (χ3n) is 5.90. The summed E-state index contributed by atoms with van der Waals surface area (Å²) in [4.78, 5) is 5.11. The maximum atomic E-state index is 3.83. The summed E-state index contributed by atoms with van der Waals surface area (Å²) < 4.78 is 0. The maximum absolute atomic E-state index is 3.83. The zero-order valence-electron chi connectivity index (χ0n) is 14.8. The number of rotatable bonds is 6. The molecule has 2 rings (SSSR count). The van der Waals surface area contributed by atoms with E-state index in [1.54, 1.807) is 0 Å². The van der Waals surface area contributed by atoms with E-state index in [0.717, 1.165) is 24.0 Å². The van der Waals surface area contributed by atoms with E-state index in [1.807, 2.05) is 0 Å². The Bertz CT molecular complexity index is 288. The second kappa shape index (κ2) is 8.50. The highest BCUT2D eigenvalue weighted by Crippen LogP contribution is 2.22. The molecule has 3 heteroatoms. The molecule has 1 saturated heterocycles. The number of hydrogen-bond acceptors (Lipinski definition) is 3. The van der Waals surface area contributed by atoms with Crippen molar-refractivity contribution in [2.24, 2.45) is 5.92 Å². The molecule has 0 aromatic heterocycles. The minimum atomic E-state index is 0.719. The molecule has 1 N–H and O–H groups in total. The van der Waals surface area contributed by atoms with E-state index in [4.69, 9.17) is 0 Å². The predicted molar refractivity (Wildman–Crippen MR) is 91.8 cm³/mol.